The summed E-state index contributed by atoms with van der Waals surface area (Å²) in [6.07, 6.45) is 4.56. The molecule has 1 aromatic heterocycles. The highest BCUT2D eigenvalue weighted by molar-refractivity contribution is 5.39. The maximum atomic E-state index is 12.5. The zero-order valence-corrected chi connectivity index (χ0v) is 12.0. The quantitative estimate of drug-likeness (QED) is 0.883. The van der Waals surface area contributed by atoms with E-state index in [1.54, 1.807) is 17.0 Å². The molecule has 0 bridgehead atoms. The first-order valence-electron chi connectivity index (χ1n) is 7.06. The van der Waals surface area contributed by atoms with Crippen LogP contribution in [0.15, 0.2) is 17.2 Å². The van der Waals surface area contributed by atoms with Gasteiger partial charge in [0.05, 0.1) is 0 Å². The standard InChI is InChI=1S/C14H24N4O/c1-10(2)9-17-7-5-16-13(14(17)19)18-6-4-11(3)12(18)8-15/h5,7,10-12H,4,6,8-9,15H2,1-3H3. The van der Waals surface area contributed by atoms with Crippen LogP contribution in [-0.2, 0) is 6.54 Å². The van der Waals surface area contributed by atoms with E-state index in [9.17, 15) is 4.79 Å². The zero-order chi connectivity index (χ0) is 14.0. The van der Waals surface area contributed by atoms with Crippen molar-refractivity contribution in [2.45, 2.75) is 39.8 Å². The van der Waals surface area contributed by atoms with Crippen LogP contribution in [0.4, 0.5) is 5.82 Å². The van der Waals surface area contributed by atoms with Gasteiger partial charge in [0.15, 0.2) is 5.82 Å². The molecule has 1 fully saturated rings. The molecule has 0 radical (unpaired) electrons. The SMILES string of the molecule is CC(C)Cn1ccnc(N2CCC(C)C2CN)c1=O. The molecule has 0 spiro atoms. The molecule has 19 heavy (non-hydrogen) atoms. The van der Waals surface area contributed by atoms with Gasteiger partial charge in [-0.25, -0.2) is 4.98 Å². The Morgan fingerprint density at radius 1 is 1.53 bits per heavy atom. The van der Waals surface area contributed by atoms with Gasteiger partial charge in [-0.05, 0) is 18.3 Å². The van der Waals surface area contributed by atoms with Gasteiger partial charge < -0.3 is 15.2 Å². The Kier molecular flexibility index (Phi) is 4.24. The van der Waals surface area contributed by atoms with Crippen LogP contribution in [0.2, 0.25) is 0 Å². The zero-order valence-electron chi connectivity index (χ0n) is 12.0. The van der Waals surface area contributed by atoms with Gasteiger partial charge in [0.1, 0.15) is 0 Å². The first kappa shape index (κ1) is 14.1. The summed E-state index contributed by atoms with van der Waals surface area (Å²) in [7, 11) is 0. The van der Waals surface area contributed by atoms with Gasteiger partial charge in [-0.3, -0.25) is 4.79 Å². The topological polar surface area (TPSA) is 64.2 Å². The second-order valence-electron chi connectivity index (χ2n) is 5.86. The summed E-state index contributed by atoms with van der Waals surface area (Å²) in [5.41, 5.74) is 5.85. The van der Waals surface area contributed by atoms with Crippen LogP contribution in [0.1, 0.15) is 27.2 Å². The van der Waals surface area contributed by atoms with E-state index in [4.69, 9.17) is 5.73 Å². The van der Waals surface area contributed by atoms with Crippen molar-refractivity contribution in [3.63, 3.8) is 0 Å². The average Bonchev–Trinajstić information content (AvgIpc) is 2.72. The molecule has 2 heterocycles. The lowest BCUT2D eigenvalue weighted by atomic mass is 10.0. The van der Waals surface area contributed by atoms with E-state index >= 15 is 0 Å². The van der Waals surface area contributed by atoms with E-state index < -0.39 is 0 Å². The molecule has 1 aliphatic heterocycles. The molecule has 2 atom stereocenters. The molecule has 1 aromatic rings. The molecular formula is C14H24N4O. The predicted molar refractivity (Wildman–Crippen MR) is 77.3 cm³/mol. The molecule has 0 aliphatic carbocycles. The summed E-state index contributed by atoms with van der Waals surface area (Å²) in [4.78, 5) is 18.9. The molecule has 2 N–H and O–H groups in total. The van der Waals surface area contributed by atoms with Gasteiger partial charge in [-0.1, -0.05) is 20.8 Å². The van der Waals surface area contributed by atoms with Crippen LogP contribution in [-0.4, -0.2) is 28.7 Å². The fraction of sp³-hybridized carbons (Fsp3) is 0.714. The Hall–Kier alpha value is -1.36. The van der Waals surface area contributed by atoms with Crippen LogP contribution >= 0.6 is 0 Å². The van der Waals surface area contributed by atoms with Gasteiger partial charge in [0.2, 0.25) is 0 Å². The van der Waals surface area contributed by atoms with E-state index in [0.29, 0.717) is 24.2 Å². The summed E-state index contributed by atoms with van der Waals surface area (Å²) in [5.74, 6) is 1.52. The van der Waals surface area contributed by atoms with E-state index in [-0.39, 0.29) is 11.6 Å². The van der Waals surface area contributed by atoms with Crippen LogP contribution in [0.3, 0.4) is 0 Å². The number of hydrogen-bond donors (Lipinski definition) is 1. The molecule has 2 unspecified atom stereocenters. The van der Waals surface area contributed by atoms with Crippen molar-refractivity contribution in [3.8, 4) is 0 Å². The van der Waals surface area contributed by atoms with E-state index in [2.05, 4.69) is 30.7 Å². The highest BCUT2D eigenvalue weighted by Gasteiger charge is 2.32. The smallest absolute Gasteiger partial charge is 0.293 e. The van der Waals surface area contributed by atoms with Gasteiger partial charge in [-0.2, -0.15) is 0 Å². The average molecular weight is 264 g/mol. The van der Waals surface area contributed by atoms with Crippen LogP contribution in [0.5, 0.6) is 0 Å². The lowest BCUT2D eigenvalue weighted by molar-refractivity contribution is 0.499. The van der Waals surface area contributed by atoms with E-state index in [1.165, 1.54) is 0 Å². The maximum absolute atomic E-state index is 12.5. The third kappa shape index (κ3) is 2.81. The summed E-state index contributed by atoms with van der Waals surface area (Å²) >= 11 is 0. The fourth-order valence-corrected chi connectivity index (χ4v) is 2.80. The molecule has 1 saturated heterocycles. The molecule has 0 aromatic carbocycles. The lowest BCUT2D eigenvalue weighted by Gasteiger charge is -2.26. The monoisotopic (exact) mass is 264 g/mol. The van der Waals surface area contributed by atoms with Crippen LogP contribution in [0.25, 0.3) is 0 Å². The molecule has 0 amide bonds. The summed E-state index contributed by atoms with van der Waals surface area (Å²) < 4.78 is 1.75. The Bertz CT molecular complexity index is 483. The molecule has 1 aliphatic rings. The third-order valence-corrected chi connectivity index (χ3v) is 3.85. The largest absolute Gasteiger partial charge is 0.347 e. The van der Waals surface area contributed by atoms with Crippen molar-refractivity contribution in [3.05, 3.63) is 22.7 Å². The third-order valence-electron chi connectivity index (χ3n) is 3.85. The Balaban J connectivity index is 2.33. The molecule has 2 rings (SSSR count). The molecule has 106 valence electrons. The van der Waals surface area contributed by atoms with Crippen molar-refractivity contribution in [2.75, 3.05) is 18.0 Å². The van der Waals surface area contributed by atoms with Gasteiger partial charge >= 0.3 is 0 Å². The van der Waals surface area contributed by atoms with Crippen molar-refractivity contribution in [1.82, 2.24) is 9.55 Å². The first-order valence-corrected chi connectivity index (χ1v) is 7.06. The predicted octanol–water partition coefficient (Wildman–Crippen LogP) is 1.07. The number of aromatic nitrogens is 2. The van der Waals surface area contributed by atoms with Crippen LogP contribution in [0, 0.1) is 11.8 Å². The van der Waals surface area contributed by atoms with Crippen molar-refractivity contribution < 1.29 is 0 Å². The second kappa shape index (κ2) is 5.74. The summed E-state index contributed by atoms with van der Waals surface area (Å²) in [6.45, 7) is 8.57. The molecule has 5 nitrogen and oxygen atoms in total. The number of rotatable bonds is 4. The molecule has 5 heteroatoms. The molecular weight excluding hydrogens is 240 g/mol. The Morgan fingerprint density at radius 2 is 2.26 bits per heavy atom. The molecule has 0 saturated carbocycles. The first-order chi connectivity index (χ1) is 9.04. The van der Waals surface area contributed by atoms with Crippen molar-refractivity contribution in [2.24, 2.45) is 17.6 Å². The Labute approximate surface area is 114 Å². The highest BCUT2D eigenvalue weighted by Crippen LogP contribution is 2.25. The second-order valence-corrected chi connectivity index (χ2v) is 5.86. The van der Waals surface area contributed by atoms with Gasteiger partial charge in [0.25, 0.3) is 5.56 Å². The number of nitrogens with two attached hydrogens (primary N) is 1. The lowest BCUT2D eigenvalue weighted by Crippen LogP contribution is -2.42. The Morgan fingerprint density at radius 3 is 2.89 bits per heavy atom. The minimum atomic E-state index is 0.00347. The van der Waals surface area contributed by atoms with E-state index in [1.807, 2.05) is 0 Å². The number of nitrogens with zero attached hydrogens (tertiary/aromatic N) is 3. The number of anilines is 1. The number of hydrogen-bond acceptors (Lipinski definition) is 4. The minimum absolute atomic E-state index is 0.00347. The summed E-state index contributed by atoms with van der Waals surface area (Å²) in [5, 5.41) is 0. The van der Waals surface area contributed by atoms with Crippen LogP contribution < -0.4 is 16.2 Å². The maximum Gasteiger partial charge on any atom is 0.293 e. The van der Waals surface area contributed by atoms with Crippen molar-refractivity contribution in [1.29, 1.82) is 0 Å². The van der Waals surface area contributed by atoms with Gasteiger partial charge in [-0.15, -0.1) is 0 Å². The van der Waals surface area contributed by atoms with Gasteiger partial charge in [0, 0.05) is 38.1 Å². The minimum Gasteiger partial charge on any atom is -0.347 e. The van der Waals surface area contributed by atoms with Crippen molar-refractivity contribution >= 4 is 5.82 Å². The summed E-state index contributed by atoms with van der Waals surface area (Å²) in [6, 6.07) is 0.232. The fourth-order valence-electron chi connectivity index (χ4n) is 2.80. The normalized spacial score (nSPS) is 23.3. The van der Waals surface area contributed by atoms with E-state index in [0.717, 1.165) is 19.5 Å². The highest BCUT2D eigenvalue weighted by atomic mass is 16.1.